The Bertz CT molecular complexity index is 507. The molecule has 1 aromatic heterocycles. The van der Waals surface area contributed by atoms with Crippen molar-refractivity contribution in [1.82, 2.24) is 4.98 Å². The molecule has 1 saturated heterocycles. The zero-order valence-corrected chi connectivity index (χ0v) is 11.0. The number of aryl methyl sites for hydroxylation is 1. The number of hydrogen-bond donors (Lipinski definition) is 0. The van der Waals surface area contributed by atoms with Crippen molar-refractivity contribution in [1.29, 1.82) is 5.26 Å². The summed E-state index contributed by atoms with van der Waals surface area (Å²) in [6.07, 6.45) is 7.06. The van der Waals surface area contributed by atoms with Gasteiger partial charge in [0.05, 0.1) is 5.56 Å². The molecule has 1 aromatic rings. The van der Waals surface area contributed by atoms with Crippen LogP contribution in [0.1, 0.15) is 48.1 Å². The van der Waals surface area contributed by atoms with Crippen molar-refractivity contribution < 1.29 is 0 Å². The molecule has 1 fully saturated rings. The summed E-state index contributed by atoms with van der Waals surface area (Å²) >= 11 is 0. The van der Waals surface area contributed by atoms with Crippen LogP contribution in [0.2, 0.25) is 0 Å². The molecule has 1 aliphatic carbocycles. The van der Waals surface area contributed by atoms with Crippen LogP contribution in [0.3, 0.4) is 0 Å². The molecule has 0 amide bonds. The van der Waals surface area contributed by atoms with Crippen LogP contribution in [0.15, 0.2) is 0 Å². The number of anilines is 1. The lowest BCUT2D eigenvalue weighted by Crippen LogP contribution is -2.23. The number of rotatable bonds is 1. The summed E-state index contributed by atoms with van der Waals surface area (Å²) in [7, 11) is 0. The molecule has 0 unspecified atom stereocenters. The number of fused-ring (bicyclic) bond motifs is 1. The molecule has 0 atom stereocenters. The van der Waals surface area contributed by atoms with E-state index < -0.39 is 0 Å². The summed E-state index contributed by atoms with van der Waals surface area (Å²) in [6, 6.07) is 2.42. The average molecular weight is 241 g/mol. The molecule has 94 valence electrons. The van der Waals surface area contributed by atoms with Crippen molar-refractivity contribution in [2.24, 2.45) is 0 Å². The monoisotopic (exact) mass is 241 g/mol. The highest BCUT2D eigenvalue weighted by molar-refractivity contribution is 5.61. The molecule has 1 aliphatic heterocycles. The quantitative estimate of drug-likeness (QED) is 0.759. The van der Waals surface area contributed by atoms with E-state index in [1.54, 1.807) is 0 Å². The van der Waals surface area contributed by atoms with Crippen molar-refractivity contribution >= 4 is 5.82 Å². The van der Waals surface area contributed by atoms with Gasteiger partial charge in [-0.2, -0.15) is 5.26 Å². The topological polar surface area (TPSA) is 39.9 Å². The molecular weight excluding hydrogens is 222 g/mol. The number of aromatic nitrogens is 1. The minimum atomic E-state index is 0.859. The van der Waals surface area contributed by atoms with Gasteiger partial charge in [0.15, 0.2) is 0 Å². The predicted octanol–water partition coefficient (Wildman–Crippen LogP) is 2.74. The molecular formula is C15H19N3. The number of hydrogen-bond acceptors (Lipinski definition) is 3. The van der Waals surface area contributed by atoms with Crippen molar-refractivity contribution in [3.05, 3.63) is 22.4 Å². The number of nitrogens with zero attached hydrogens (tertiary/aromatic N) is 3. The third-order valence-electron chi connectivity index (χ3n) is 4.22. The van der Waals surface area contributed by atoms with E-state index in [1.807, 2.05) is 0 Å². The summed E-state index contributed by atoms with van der Waals surface area (Å²) in [4.78, 5) is 7.03. The first-order valence-electron chi connectivity index (χ1n) is 6.98. The van der Waals surface area contributed by atoms with Crippen LogP contribution in [0, 0.1) is 18.3 Å². The normalized spacial score (nSPS) is 18.6. The second kappa shape index (κ2) is 4.61. The minimum absolute atomic E-state index is 0.859. The maximum Gasteiger partial charge on any atom is 0.147 e. The Balaban J connectivity index is 2.14. The Morgan fingerprint density at radius 2 is 1.72 bits per heavy atom. The van der Waals surface area contributed by atoms with Crippen LogP contribution in [-0.2, 0) is 12.8 Å². The Labute approximate surface area is 108 Å². The van der Waals surface area contributed by atoms with E-state index in [2.05, 4.69) is 17.9 Å². The van der Waals surface area contributed by atoms with Gasteiger partial charge in [-0.25, -0.2) is 4.98 Å². The first kappa shape index (κ1) is 11.5. The van der Waals surface area contributed by atoms with E-state index in [9.17, 15) is 5.26 Å². The van der Waals surface area contributed by atoms with Gasteiger partial charge in [-0.3, -0.25) is 0 Å². The molecule has 0 spiro atoms. The highest BCUT2D eigenvalue weighted by atomic mass is 15.2. The van der Waals surface area contributed by atoms with E-state index in [0.29, 0.717) is 0 Å². The molecule has 3 heteroatoms. The molecule has 2 heterocycles. The van der Waals surface area contributed by atoms with Crippen molar-refractivity contribution in [3.8, 4) is 6.07 Å². The maximum atomic E-state index is 9.51. The minimum Gasteiger partial charge on any atom is -0.356 e. The Kier molecular flexibility index (Phi) is 2.95. The van der Waals surface area contributed by atoms with Gasteiger partial charge in [0.25, 0.3) is 0 Å². The van der Waals surface area contributed by atoms with Gasteiger partial charge >= 0.3 is 0 Å². The van der Waals surface area contributed by atoms with Gasteiger partial charge in [0.1, 0.15) is 11.9 Å². The van der Waals surface area contributed by atoms with E-state index in [0.717, 1.165) is 43.0 Å². The van der Waals surface area contributed by atoms with Crippen LogP contribution in [0.25, 0.3) is 0 Å². The number of pyridine rings is 1. The summed E-state index contributed by atoms with van der Waals surface area (Å²) in [5.41, 5.74) is 4.64. The lowest BCUT2D eigenvalue weighted by atomic mass is 9.88. The second-order valence-corrected chi connectivity index (χ2v) is 5.37. The van der Waals surface area contributed by atoms with E-state index >= 15 is 0 Å². The number of nitriles is 1. The predicted molar refractivity (Wildman–Crippen MR) is 71.8 cm³/mol. The molecule has 0 radical (unpaired) electrons. The zero-order valence-electron chi connectivity index (χ0n) is 11.0. The fourth-order valence-electron chi connectivity index (χ4n) is 3.27. The molecule has 3 nitrogen and oxygen atoms in total. The van der Waals surface area contributed by atoms with Crippen LogP contribution in [0.5, 0.6) is 0 Å². The highest BCUT2D eigenvalue weighted by Gasteiger charge is 2.24. The summed E-state index contributed by atoms with van der Waals surface area (Å²) in [5.74, 6) is 0.952. The molecule has 3 rings (SSSR count). The lowest BCUT2D eigenvalue weighted by molar-refractivity contribution is 0.674. The zero-order chi connectivity index (χ0) is 12.5. The molecule has 18 heavy (non-hydrogen) atoms. The van der Waals surface area contributed by atoms with E-state index in [4.69, 9.17) is 4.98 Å². The Morgan fingerprint density at radius 1 is 1.06 bits per heavy atom. The van der Waals surface area contributed by atoms with Gasteiger partial charge in [-0.1, -0.05) is 0 Å². The van der Waals surface area contributed by atoms with Gasteiger partial charge in [-0.05, 0) is 56.6 Å². The molecule has 0 aromatic carbocycles. The second-order valence-electron chi connectivity index (χ2n) is 5.37. The Hall–Kier alpha value is -1.56. The van der Waals surface area contributed by atoms with Gasteiger partial charge in [0, 0.05) is 18.8 Å². The summed E-state index contributed by atoms with van der Waals surface area (Å²) in [5, 5.41) is 9.51. The lowest BCUT2D eigenvalue weighted by Gasteiger charge is -2.25. The van der Waals surface area contributed by atoms with Crippen LogP contribution in [0.4, 0.5) is 5.82 Å². The van der Waals surface area contributed by atoms with E-state index in [-0.39, 0.29) is 0 Å². The largest absolute Gasteiger partial charge is 0.356 e. The first-order chi connectivity index (χ1) is 8.81. The van der Waals surface area contributed by atoms with Crippen LogP contribution < -0.4 is 4.90 Å². The summed E-state index contributed by atoms with van der Waals surface area (Å²) < 4.78 is 0. The fraction of sp³-hybridized carbons (Fsp3) is 0.600. The average Bonchev–Trinajstić information content (AvgIpc) is 2.92. The first-order valence-corrected chi connectivity index (χ1v) is 6.98. The van der Waals surface area contributed by atoms with E-state index in [1.165, 1.54) is 36.8 Å². The third kappa shape index (κ3) is 1.77. The third-order valence-corrected chi connectivity index (χ3v) is 4.22. The Morgan fingerprint density at radius 3 is 2.39 bits per heavy atom. The summed E-state index contributed by atoms with van der Waals surface area (Å²) in [6.45, 7) is 4.21. The smallest absolute Gasteiger partial charge is 0.147 e. The standard InChI is InChI=1S/C15H19N3/c1-11-12-6-2-3-7-13(12)14(10-16)15(17-11)18-8-4-5-9-18/h2-9H2,1H3. The highest BCUT2D eigenvalue weighted by Crippen LogP contribution is 2.32. The molecule has 0 saturated carbocycles. The SMILES string of the molecule is Cc1nc(N2CCCC2)c(C#N)c2c1CCCC2. The maximum absolute atomic E-state index is 9.51. The van der Waals surface area contributed by atoms with Crippen LogP contribution >= 0.6 is 0 Å². The van der Waals surface area contributed by atoms with Crippen molar-refractivity contribution in [3.63, 3.8) is 0 Å². The van der Waals surface area contributed by atoms with Gasteiger partial charge in [0.2, 0.25) is 0 Å². The molecule has 0 bridgehead atoms. The van der Waals surface area contributed by atoms with Gasteiger partial charge < -0.3 is 4.90 Å². The van der Waals surface area contributed by atoms with Crippen molar-refractivity contribution in [2.45, 2.75) is 45.4 Å². The van der Waals surface area contributed by atoms with Crippen LogP contribution in [-0.4, -0.2) is 18.1 Å². The van der Waals surface area contributed by atoms with Crippen molar-refractivity contribution in [2.75, 3.05) is 18.0 Å². The fourth-order valence-corrected chi connectivity index (χ4v) is 3.27. The molecule has 0 N–H and O–H groups in total. The van der Waals surface area contributed by atoms with Gasteiger partial charge in [-0.15, -0.1) is 0 Å². The molecule has 2 aliphatic rings.